The zero-order chi connectivity index (χ0) is 108. The normalized spacial score (nSPS) is 22.5. The van der Waals surface area contributed by atoms with Crippen molar-refractivity contribution in [1.29, 1.82) is 0 Å². The highest BCUT2D eigenvalue weighted by Gasteiger charge is 2.49. The van der Waals surface area contributed by atoms with E-state index in [0.717, 1.165) is 50.7 Å². The van der Waals surface area contributed by atoms with Gasteiger partial charge in [0.25, 0.3) is 0 Å². The molecular weight excluding hydrogens is 1960 g/mol. The second-order valence-electron chi connectivity index (χ2n) is 48.9. The molecule has 4 aliphatic carbocycles. The summed E-state index contributed by atoms with van der Waals surface area (Å²) in [5, 5.41) is 12.0. The fourth-order valence-corrected chi connectivity index (χ4v) is 47.4. The van der Waals surface area contributed by atoms with E-state index in [-0.39, 0.29) is 207 Å². The molecule has 0 bridgehead atoms. The minimum atomic E-state index is -2.57. The van der Waals surface area contributed by atoms with E-state index in [1.165, 1.54) is 0 Å². The summed E-state index contributed by atoms with van der Waals surface area (Å²) in [6.45, 7) is 62.6. The van der Waals surface area contributed by atoms with Gasteiger partial charge in [-0.3, -0.25) is 28.8 Å². The summed E-state index contributed by atoms with van der Waals surface area (Å²) in [6, 6.07) is 1.12. The molecule has 4 fully saturated rings. The number of unbranched alkanes of at least 4 members (excludes halogenated alkanes) is 1. The minimum absolute atomic E-state index is 0.00636. The Balaban J connectivity index is 1.13. The van der Waals surface area contributed by atoms with Crippen molar-refractivity contribution in [2.75, 3.05) is 132 Å². The van der Waals surface area contributed by atoms with E-state index in [9.17, 15) is 57.5 Å². The lowest BCUT2D eigenvalue weighted by molar-refractivity contribution is -0.157. The Morgan fingerprint density at radius 1 is 0.326 bits per heavy atom. The van der Waals surface area contributed by atoms with E-state index >= 15 is 0 Å². The summed E-state index contributed by atoms with van der Waals surface area (Å²) in [6.07, 6.45) is 9.58. The van der Waals surface area contributed by atoms with Crippen LogP contribution < -0.4 is 21.3 Å². The first-order chi connectivity index (χ1) is 66.6. The summed E-state index contributed by atoms with van der Waals surface area (Å²) in [4.78, 5) is 155. The average Bonchev–Trinajstić information content (AvgIpc) is 0.803. The van der Waals surface area contributed by atoms with Crippen LogP contribution in [0.4, 0.5) is 19.2 Å². The van der Waals surface area contributed by atoms with Gasteiger partial charge in [0.05, 0.1) is 39.6 Å². The third-order valence-electron chi connectivity index (χ3n) is 25.0. The molecule has 830 valence electrons. The second kappa shape index (κ2) is 60.4. The summed E-state index contributed by atoms with van der Waals surface area (Å²) in [5.41, 5.74) is -2.63. The predicted molar refractivity (Wildman–Crippen MR) is 560 cm³/mol. The number of carbonyl (C=O) groups is 12. The summed E-state index contributed by atoms with van der Waals surface area (Å²) < 4.78 is 116. The maximum atomic E-state index is 14.0. The van der Waals surface area contributed by atoms with Crippen LogP contribution >= 0.6 is 0 Å². The molecule has 4 rings (SSSR count). The maximum Gasteiger partial charge on any atom is 0.408 e. The van der Waals surface area contributed by atoms with Gasteiger partial charge in [0.1, 0.15) is 66.1 Å². The molecule has 4 aliphatic rings. The van der Waals surface area contributed by atoms with Crippen molar-refractivity contribution in [3.8, 4) is 0 Å². The average molecular weight is 2150 g/mol. The molecule has 0 aromatic heterocycles. The van der Waals surface area contributed by atoms with Gasteiger partial charge in [-0.05, 0) is 282 Å². The van der Waals surface area contributed by atoms with Gasteiger partial charge in [0.15, 0.2) is 45.5 Å². The predicted octanol–water partition coefficient (Wildman–Crippen LogP) is 18.5. The van der Waals surface area contributed by atoms with Gasteiger partial charge in [-0.1, -0.05) is 89.3 Å². The SMILES string of the molecule is C=CC(=O)OCCOC(=O)CCC1CC(C)(C)CC(C)(NC(=O)OC(COCCC[Si](C)(O[Si](C)(C)C)O[Si](C)(C)C)COC(=O)CC2CC(C)(C)CC(C)(CNC(=O)OCCOCCOC(=O)CCCCC(=O)OCCOCCOC(=O)CCC3(C)CC(NC(=O)OCC(COCCC[Si](C)(O[Si](C)(C)C)O[Si](C)(C)C)OC(=O)CC4CC(C)(C)CC(C)(CNC(=O)OCCOC(=O)C=C)C4)CC(C)(C)C3)C2)C1. The summed E-state index contributed by atoms with van der Waals surface area (Å²) >= 11 is 0. The number of hydrogen-bond acceptors (Lipinski definition) is 32. The first-order valence-electron chi connectivity index (χ1n) is 52.0. The molecule has 4 saturated carbocycles. The molecule has 0 aromatic rings. The van der Waals surface area contributed by atoms with Crippen molar-refractivity contribution < 1.29 is 150 Å². The van der Waals surface area contributed by atoms with Crippen LogP contribution in [0.15, 0.2) is 25.3 Å². The number of esters is 8. The van der Waals surface area contributed by atoms with Crippen LogP contribution in [0.2, 0.25) is 104 Å². The van der Waals surface area contributed by atoms with Crippen molar-refractivity contribution in [1.82, 2.24) is 21.3 Å². The van der Waals surface area contributed by atoms with Crippen molar-refractivity contribution in [2.45, 2.75) is 365 Å². The minimum Gasteiger partial charge on any atom is -0.463 e. The molecular formula is C102H186N4O32Si6. The number of rotatable bonds is 67. The highest BCUT2D eigenvalue weighted by molar-refractivity contribution is 6.88. The van der Waals surface area contributed by atoms with Crippen molar-refractivity contribution in [2.24, 2.45) is 55.7 Å². The molecule has 4 amide bonds. The van der Waals surface area contributed by atoms with Gasteiger partial charge >= 0.3 is 89.2 Å². The van der Waals surface area contributed by atoms with E-state index in [1.54, 1.807) is 0 Å². The maximum absolute atomic E-state index is 14.0. The van der Waals surface area contributed by atoms with E-state index in [2.05, 4.69) is 202 Å². The Bertz CT molecular complexity index is 4010. The summed E-state index contributed by atoms with van der Waals surface area (Å²) in [5.74, 6) is -3.98. The Kier molecular flexibility index (Phi) is 54.3. The third-order valence-corrected chi connectivity index (χ3v) is 44.2. The zero-order valence-corrected chi connectivity index (χ0v) is 98.6. The molecule has 36 nitrogen and oxygen atoms in total. The van der Waals surface area contributed by atoms with Gasteiger partial charge < -0.3 is 114 Å². The van der Waals surface area contributed by atoms with Gasteiger partial charge in [-0.25, -0.2) is 28.8 Å². The number of alkyl carbamates (subject to hydrolysis) is 4. The van der Waals surface area contributed by atoms with Crippen LogP contribution in [0.25, 0.3) is 0 Å². The lowest BCUT2D eigenvalue weighted by Gasteiger charge is -2.47. The van der Waals surface area contributed by atoms with E-state index in [0.29, 0.717) is 109 Å². The standard InChI is InChI=1S/C102H186N4O32Si6/c1-29-83(107)123-51-52-128-87(111)38-37-77-59-97(7,8)74-102(14,64-77)106-94(118)134-82(68-122-42-34-56-144(28,137-141(21,22)23)138-142(24,25)26)69-131-89(113)57-78-60-95(3,4)72-100(12,62-78)75-103-91(115)129-50-46-120-44-48-126-86(110)36-32-31-35-85(109)125-47-43-119-45-49-127-88(112)39-40-99(11)66-80(65-98(9,10)71-99)105-93(117)132-70-81(67-121-41-33-55-143(27,135-139(15,16)17)136-140(18,19)20)133-90(114)58-79-61-96(5,6)73-101(13,63-79)76-104-92(116)130-54-53-124-84(108)30-2/h29-30,77-82H,1-2,31-76H2,3-28H3,(H,103,115)(H,104,116)(H,105,117)(H,106,118). The van der Waals surface area contributed by atoms with Crippen LogP contribution in [0.3, 0.4) is 0 Å². The summed E-state index contributed by atoms with van der Waals surface area (Å²) in [7, 11) is -12.9. The fraction of sp³-hybridized carbons (Fsp3) is 0.843. The number of carbonyl (C=O) groups excluding carboxylic acids is 12. The Morgan fingerprint density at radius 2 is 0.694 bits per heavy atom. The van der Waals surface area contributed by atoms with Crippen LogP contribution in [-0.2, 0) is 131 Å². The van der Waals surface area contributed by atoms with Gasteiger partial charge in [0, 0.05) is 88.6 Å². The highest BCUT2D eigenvalue weighted by Crippen LogP contribution is 2.53. The molecule has 10 atom stereocenters. The highest BCUT2D eigenvalue weighted by atomic mass is 28.5. The van der Waals surface area contributed by atoms with Gasteiger partial charge in [-0.15, -0.1) is 0 Å². The first kappa shape index (κ1) is 130. The van der Waals surface area contributed by atoms with Gasteiger partial charge in [-0.2, -0.15) is 0 Å². The van der Waals surface area contributed by atoms with E-state index in [4.69, 9.17) is 92.3 Å². The topological polar surface area (TPSA) is 438 Å². The molecule has 10 unspecified atom stereocenters. The molecule has 0 saturated heterocycles. The number of amides is 4. The Labute approximate surface area is 866 Å². The lowest BCUT2D eigenvalue weighted by atomic mass is 9.60. The van der Waals surface area contributed by atoms with Crippen LogP contribution in [0, 0.1) is 55.7 Å². The largest absolute Gasteiger partial charge is 0.463 e. The van der Waals surface area contributed by atoms with Crippen LogP contribution in [-0.4, -0.2) is 278 Å². The second-order valence-corrected chi connectivity index (χ2v) is 74.6. The van der Waals surface area contributed by atoms with E-state index in [1.807, 2.05) is 6.92 Å². The Morgan fingerprint density at radius 3 is 1.14 bits per heavy atom. The molecule has 0 aliphatic heterocycles. The molecule has 42 heteroatoms. The zero-order valence-electron chi connectivity index (χ0n) is 92.6. The van der Waals surface area contributed by atoms with Crippen molar-refractivity contribution in [3.63, 3.8) is 0 Å². The molecule has 4 N–H and O–H groups in total. The molecule has 0 heterocycles. The fourth-order valence-electron chi connectivity index (χ4n) is 22.4. The lowest BCUT2D eigenvalue weighted by Crippen LogP contribution is -2.54. The van der Waals surface area contributed by atoms with Crippen LogP contribution in [0.5, 0.6) is 0 Å². The van der Waals surface area contributed by atoms with Gasteiger partial charge in [0.2, 0.25) is 0 Å². The van der Waals surface area contributed by atoms with Crippen LogP contribution in [0.1, 0.15) is 237 Å². The number of ether oxygens (including phenoxy) is 16. The Hall–Kier alpha value is -6.70. The molecule has 0 aromatic carbocycles. The van der Waals surface area contributed by atoms with E-state index < -0.39 is 146 Å². The molecule has 144 heavy (non-hydrogen) atoms. The monoisotopic (exact) mass is 2150 g/mol. The van der Waals surface area contributed by atoms with Crippen molar-refractivity contribution >= 4 is 123 Å². The van der Waals surface area contributed by atoms with Crippen molar-refractivity contribution in [3.05, 3.63) is 25.3 Å². The first-order valence-corrected chi connectivity index (χ1v) is 70.7. The quantitative estimate of drug-likeness (QED) is 0.0144. The molecule has 0 spiro atoms. The smallest absolute Gasteiger partial charge is 0.408 e. The number of nitrogens with one attached hydrogen (secondary N) is 4. The molecule has 0 radical (unpaired) electrons. The number of hydrogen-bond donors (Lipinski definition) is 4. The third kappa shape index (κ3) is 59.6.